The molecule has 0 unspecified atom stereocenters. The Morgan fingerprint density at radius 3 is 2.60 bits per heavy atom. The van der Waals surface area contributed by atoms with Gasteiger partial charge in [-0.25, -0.2) is 0 Å². The second-order valence-corrected chi connectivity index (χ2v) is 8.59. The summed E-state index contributed by atoms with van der Waals surface area (Å²) in [5.41, 5.74) is 1.15. The number of hydrogen-bond acceptors (Lipinski definition) is 3. The summed E-state index contributed by atoms with van der Waals surface area (Å²) >= 11 is 0. The molecule has 25 heavy (non-hydrogen) atoms. The minimum absolute atomic E-state index is 0.0999. The van der Waals surface area contributed by atoms with Crippen LogP contribution in [-0.2, 0) is 11.2 Å². The van der Waals surface area contributed by atoms with Gasteiger partial charge in [-0.15, -0.1) is 0 Å². The molecule has 2 aliphatic rings. The van der Waals surface area contributed by atoms with E-state index in [4.69, 9.17) is 9.47 Å². The molecule has 2 fully saturated rings. The number of ether oxygens (including phenoxy) is 2. The third kappa shape index (κ3) is 2.96. The molecule has 4 atom stereocenters. The first-order chi connectivity index (χ1) is 11.8. The molecule has 2 saturated carbocycles. The van der Waals surface area contributed by atoms with Crippen molar-refractivity contribution in [2.45, 2.75) is 59.3 Å². The summed E-state index contributed by atoms with van der Waals surface area (Å²) in [5, 5.41) is 0. The fourth-order valence-corrected chi connectivity index (χ4v) is 5.55. The van der Waals surface area contributed by atoms with Crippen molar-refractivity contribution in [2.24, 2.45) is 22.7 Å². The zero-order chi connectivity index (χ0) is 18.2. The van der Waals surface area contributed by atoms with Crippen LogP contribution in [0.25, 0.3) is 0 Å². The first-order valence-electron chi connectivity index (χ1n) is 9.59. The molecule has 0 saturated heterocycles. The summed E-state index contributed by atoms with van der Waals surface area (Å²) in [6.07, 6.45) is 6.07. The minimum Gasteiger partial charge on any atom is -0.497 e. The molecule has 0 spiro atoms. The van der Waals surface area contributed by atoms with E-state index in [0.717, 1.165) is 50.0 Å². The van der Waals surface area contributed by atoms with Crippen LogP contribution >= 0.6 is 0 Å². The van der Waals surface area contributed by atoms with Crippen molar-refractivity contribution < 1.29 is 14.3 Å². The van der Waals surface area contributed by atoms with Gasteiger partial charge in [0.25, 0.3) is 0 Å². The lowest BCUT2D eigenvalue weighted by Gasteiger charge is -2.57. The molecule has 1 aromatic rings. The Morgan fingerprint density at radius 1 is 1.16 bits per heavy atom. The normalized spacial score (nSPS) is 35.2. The highest BCUT2D eigenvalue weighted by Gasteiger charge is 2.56. The van der Waals surface area contributed by atoms with Crippen LogP contribution in [0.15, 0.2) is 18.2 Å². The predicted octanol–water partition coefficient (Wildman–Crippen LogP) is 5.06. The molecule has 138 valence electrons. The standard InChI is InChI=1S/C22H32O3/c1-15-11-12-21(2)19(7-6-8-20(21)23)22(15,3)14-16-13-17(24-4)9-10-18(16)25-5/h9-10,13,15,19H,6-8,11-12,14H2,1-5H3/t15-,19+,21-,22+/m0/s1. The summed E-state index contributed by atoms with van der Waals surface area (Å²) < 4.78 is 11.1. The monoisotopic (exact) mass is 344 g/mol. The van der Waals surface area contributed by atoms with Crippen LogP contribution in [0.4, 0.5) is 0 Å². The van der Waals surface area contributed by atoms with Gasteiger partial charge in [-0.05, 0) is 73.1 Å². The molecule has 2 aliphatic carbocycles. The third-order valence-corrected chi connectivity index (χ3v) is 7.38. The van der Waals surface area contributed by atoms with E-state index in [1.165, 1.54) is 5.56 Å². The highest BCUT2D eigenvalue weighted by molar-refractivity contribution is 5.85. The van der Waals surface area contributed by atoms with Crippen molar-refractivity contribution in [3.05, 3.63) is 23.8 Å². The first kappa shape index (κ1) is 18.3. The van der Waals surface area contributed by atoms with Gasteiger partial charge in [-0.1, -0.05) is 20.8 Å². The van der Waals surface area contributed by atoms with Gasteiger partial charge in [0.05, 0.1) is 14.2 Å². The molecule has 0 aliphatic heterocycles. The Kier molecular flexibility index (Phi) is 4.87. The van der Waals surface area contributed by atoms with Crippen molar-refractivity contribution >= 4 is 5.78 Å². The van der Waals surface area contributed by atoms with Gasteiger partial charge >= 0.3 is 0 Å². The molecule has 0 aromatic heterocycles. The Labute approximate surface area is 152 Å². The summed E-state index contributed by atoms with van der Waals surface area (Å²) in [4.78, 5) is 12.8. The fraction of sp³-hybridized carbons (Fsp3) is 0.682. The number of hydrogen-bond donors (Lipinski definition) is 0. The number of rotatable bonds is 4. The van der Waals surface area contributed by atoms with E-state index in [1.807, 2.05) is 12.1 Å². The van der Waals surface area contributed by atoms with Gasteiger partial charge in [0.1, 0.15) is 17.3 Å². The number of carbonyl (C=O) groups excluding carboxylic acids is 1. The summed E-state index contributed by atoms with van der Waals surface area (Å²) in [5.74, 6) is 3.31. The van der Waals surface area contributed by atoms with E-state index in [-0.39, 0.29) is 10.8 Å². The van der Waals surface area contributed by atoms with Crippen LogP contribution < -0.4 is 9.47 Å². The Balaban J connectivity index is 2.00. The zero-order valence-corrected chi connectivity index (χ0v) is 16.4. The van der Waals surface area contributed by atoms with Crippen LogP contribution in [0.5, 0.6) is 11.5 Å². The molecule has 0 N–H and O–H groups in total. The van der Waals surface area contributed by atoms with Crippen LogP contribution in [0.1, 0.15) is 58.4 Å². The lowest BCUT2D eigenvalue weighted by molar-refractivity contribution is -0.148. The minimum atomic E-state index is -0.147. The van der Waals surface area contributed by atoms with Crippen LogP contribution in [-0.4, -0.2) is 20.0 Å². The first-order valence-corrected chi connectivity index (χ1v) is 9.59. The summed E-state index contributed by atoms with van der Waals surface area (Å²) in [7, 11) is 3.43. The van der Waals surface area contributed by atoms with Gasteiger partial charge in [0.15, 0.2) is 0 Å². The number of carbonyl (C=O) groups is 1. The average Bonchev–Trinajstić information content (AvgIpc) is 2.60. The molecule has 3 nitrogen and oxygen atoms in total. The molecular formula is C22H32O3. The molecule has 0 bridgehead atoms. The van der Waals surface area contributed by atoms with E-state index in [2.05, 4.69) is 26.8 Å². The molecule has 1 aromatic carbocycles. The molecular weight excluding hydrogens is 312 g/mol. The topological polar surface area (TPSA) is 35.5 Å². The largest absolute Gasteiger partial charge is 0.497 e. The molecule has 0 amide bonds. The maximum atomic E-state index is 12.8. The Hall–Kier alpha value is -1.51. The maximum Gasteiger partial charge on any atom is 0.139 e. The lowest BCUT2D eigenvalue weighted by Crippen LogP contribution is -2.54. The van der Waals surface area contributed by atoms with E-state index in [0.29, 0.717) is 17.6 Å². The van der Waals surface area contributed by atoms with Gasteiger partial charge in [0, 0.05) is 11.8 Å². The number of methoxy groups -OCH3 is 2. The van der Waals surface area contributed by atoms with E-state index >= 15 is 0 Å². The predicted molar refractivity (Wildman–Crippen MR) is 100 cm³/mol. The molecule has 3 heteroatoms. The van der Waals surface area contributed by atoms with Gasteiger partial charge in [0.2, 0.25) is 0 Å². The van der Waals surface area contributed by atoms with E-state index in [9.17, 15) is 4.79 Å². The highest BCUT2D eigenvalue weighted by atomic mass is 16.5. The summed E-state index contributed by atoms with van der Waals surface area (Å²) in [6, 6.07) is 6.05. The van der Waals surface area contributed by atoms with Crippen LogP contribution in [0.2, 0.25) is 0 Å². The van der Waals surface area contributed by atoms with Gasteiger partial charge in [-0.2, -0.15) is 0 Å². The van der Waals surface area contributed by atoms with Crippen molar-refractivity contribution in [3.63, 3.8) is 0 Å². The zero-order valence-electron chi connectivity index (χ0n) is 16.4. The average molecular weight is 344 g/mol. The van der Waals surface area contributed by atoms with Crippen molar-refractivity contribution in [1.82, 2.24) is 0 Å². The van der Waals surface area contributed by atoms with Gasteiger partial charge < -0.3 is 9.47 Å². The van der Waals surface area contributed by atoms with Crippen molar-refractivity contribution in [3.8, 4) is 11.5 Å². The fourth-order valence-electron chi connectivity index (χ4n) is 5.55. The Morgan fingerprint density at radius 2 is 1.92 bits per heavy atom. The second kappa shape index (κ2) is 6.66. The number of benzene rings is 1. The number of Topliss-reactive ketones (excluding diaryl/α,β-unsaturated/α-hetero) is 1. The van der Waals surface area contributed by atoms with E-state index < -0.39 is 0 Å². The molecule has 3 rings (SSSR count). The molecule has 0 radical (unpaired) electrons. The van der Waals surface area contributed by atoms with Gasteiger partial charge in [-0.3, -0.25) is 4.79 Å². The third-order valence-electron chi connectivity index (χ3n) is 7.38. The SMILES string of the molecule is COc1ccc(OC)c(C[C@]2(C)[C@@H](C)CC[C@]3(C)C(=O)CCC[C@@H]23)c1. The quantitative estimate of drug-likeness (QED) is 0.766. The van der Waals surface area contributed by atoms with Crippen molar-refractivity contribution in [2.75, 3.05) is 14.2 Å². The number of ketones is 1. The second-order valence-electron chi connectivity index (χ2n) is 8.59. The summed E-state index contributed by atoms with van der Waals surface area (Å²) in [6.45, 7) is 6.99. The maximum absolute atomic E-state index is 12.8. The van der Waals surface area contributed by atoms with Crippen LogP contribution in [0, 0.1) is 22.7 Å². The smallest absolute Gasteiger partial charge is 0.139 e. The molecule has 0 heterocycles. The van der Waals surface area contributed by atoms with E-state index in [1.54, 1.807) is 14.2 Å². The number of fused-ring (bicyclic) bond motifs is 1. The highest BCUT2D eigenvalue weighted by Crippen LogP contribution is 2.60. The van der Waals surface area contributed by atoms with Crippen LogP contribution in [0.3, 0.4) is 0 Å². The Bertz CT molecular complexity index is 653. The lowest BCUT2D eigenvalue weighted by atomic mass is 9.46. The van der Waals surface area contributed by atoms with Crippen molar-refractivity contribution in [1.29, 1.82) is 0 Å².